The van der Waals surface area contributed by atoms with Crippen molar-refractivity contribution in [3.63, 3.8) is 0 Å². The van der Waals surface area contributed by atoms with Crippen LogP contribution in [0.2, 0.25) is 0 Å². The standard InChI is InChI=1S/C24H20N2O3S2/c1-16-12-19-20(26(16)14-17-8-4-2-5-9-17)15-30-21-13-22(24(27)25-23(19)21)31(28,29)18-10-6-3-7-11-18/h2-13H,14-15H2,1H3,(H,25,27). The number of pyridine rings is 1. The number of aryl methyl sites for hydroxylation is 1. The molecule has 0 unspecified atom stereocenters. The van der Waals surface area contributed by atoms with Gasteiger partial charge in [-0.05, 0) is 36.8 Å². The third-order valence-electron chi connectivity index (χ3n) is 5.55. The van der Waals surface area contributed by atoms with E-state index >= 15 is 0 Å². The number of aromatic amines is 1. The molecule has 2 aromatic carbocycles. The average Bonchev–Trinajstić information content (AvgIpc) is 3.10. The lowest BCUT2D eigenvalue weighted by Gasteiger charge is -2.20. The Hall–Kier alpha value is -3.03. The summed E-state index contributed by atoms with van der Waals surface area (Å²) in [4.78, 5) is 16.4. The molecule has 2 aromatic heterocycles. The number of H-pyrrole nitrogens is 1. The molecule has 1 N–H and O–H groups in total. The Kier molecular flexibility index (Phi) is 4.87. The molecule has 0 fully saturated rings. The number of sulfone groups is 1. The first kappa shape index (κ1) is 19.9. The van der Waals surface area contributed by atoms with Crippen molar-refractivity contribution in [1.82, 2.24) is 9.55 Å². The molecule has 3 heterocycles. The number of hydrogen-bond acceptors (Lipinski definition) is 4. The molecule has 0 bridgehead atoms. The van der Waals surface area contributed by atoms with Crippen molar-refractivity contribution in [3.8, 4) is 11.3 Å². The molecule has 5 rings (SSSR count). The first-order valence-corrected chi connectivity index (χ1v) is 12.4. The summed E-state index contributed by atoms with van der Waals surface area (Å²) < 4.78 is 28.3. The van der Waals surface area contributed by atoms with Gasteiger partial charge in [-0.25, -0.2) is 8.42 Å². The van der Waals surface area contributed by atoms with Crippen LogP contribution in [0.5, 0.6) is 0 Å². The average molecular weight is 449 g/mol. The third-order valence-corrected chi connectivity index (χ3v) is 8.37. The van der Waals surface area contributed by atoms with Crippen molar-refractivity contribution in [1.29, 1.82) is 0 Å². The van der Waals surface area contributed by atoms with Gasteiger partial charge in [-0.3, -0.25) is 4.79 Å². The van der Waals surface area contributed by atoms with Gasteiger partial charge in [-0.2, -0.15) is 0 Å². The maximum absolute atomic E-state index is 13.0. The highest BCUT2D eigenvalue weighted by molar-refractivity contribution is 7.98. The molecule has 5 nitrogen and oxygen atoms in total. The van der Waals surface area contributed by atoms with Gasteiger partial charge in [0.25, 0.3) is 5.56 Å². The number of hydrogen-bond donors (Lipinski definition) is 1. The van der Waals surface area contributed by atoms with Gasteiger partial charge in [0.15, 0.2) is 0 Å². The fourth-order valence-electron chi connectivity index (χ4n) is 3.97. The lowest BCUT2D eigenvalue weighted by atomic mass is 10.1. The van der Waals surface area contributed by atoms with Crippen LogP contribution in [0, 0.1) is 6.92 Å². The van der Waals surface area contributed by atoms with E-state index < -0.39 is 15.4 Å². The Labute approximate surface area is 184 Å². The van der Waals surface area contributed by atoms with Crippen molar-refractivity contribution in [2.45, 2.75) is 33.9 Å². The van der Waals surface area contributed by atoms with Gasteiger partial charge in [0.05, 0.1) is 10.6 Å². The van der Waals surface area contributed by atoms with Crippen LogP contribution in [-0.4, -0.2) is 18.0 Å². The van der Waals surface area contributed by atoms with Crippen LogP contribution in [0.25, 0.3) is 11.3 Å². The van der Waals surface area contributed by atoms with Crippen LogP contribution in [-0.2, 0) is 22.1 Å². The monoisotopic (exact) mass is 448 g/mol. The van der Waals surface area contributed by atoms with Crippen molar-refractivity contribution in [2.75, 3.05) is 0 Å². The summed E-state index contributed by atoms with van der Waals surface area (Å²) in [5.74, 6) is 0.708. The normalized spacial score (nSPS) is 12.9. The lowest BCUT2D eigenvalue weighted by molar-refractivity contribution is 0.594. The zero-order valence-corrected chi connectivity index (χ0v) is 18.5. The van der Waals surface area contributed by atoms with Crippen molar-refractivity contribution in [3.05, 3.63) is 100 Å². The van der Waals surface area contributed by atoms with E-state index in [1.165, 1.54) is 23.8 Å². The van der Waals surface area contributed by atoms with Gasteiger partial charge in [0, 0.05) is 34.1 Å². The van der Waals surface area contributed by atoms with E-state index in [0.717, 1.165) is 28.4 Å². The quantitative estimate of drug-likeness (QED) is 0.494. The van der Waals surface area contributed by atoms with E-state index in [0.29, 0.717) is 11.4 Å². The summed E-state index contributed by atoms with van der Waals surface area (Å²) in [5, 5.41) is 0. The van der Waals surface area contributed by atoms with Gasteiger partial charge in [-0.1, -0.05) is 48.5 Å². The number of thioether (sulfide) groups is 1. The summed E-state index contributed by atoms with van der Waals surface area (Å²) in [7, 11) is -3.89. The van der Waals surface area contributed by atoms with Crippen LogP contribution >= 0.6 is 11.8 Å². The minimum atomic E-state index is -3.89. The molecule has 156 valence electrons. The minimum absolute atomic E-state index is 0.117. The molecule has 1 aliphatic heterocycles. The van der Waals surface area contributed by atoms with E-state index in [-0.39, 0.29) is 9.79 Å². The van der Waals surface area contributed by atoms with E-state index in [1.807, 2.05) is 18.2 Å². The van der Waals surface area contributed by atoms with Crippen LogP contribution in [0.4, 0.5) is 0 Å². The highest BCUT2D eigenvalue weighted by atomic mass is 32.2. The first-order valence-electron chi connectivity index (χ1n) is 9.89. The summed E-state index contributed by atoms with van der Waals surface area (Å²) in [6.07, 6.45) is 0. The van der Waals surface area contributed by atoms with Gasteiger partial charge < -0.3 is 9.55 Å². The predicted molar refractivity (Wildman–Crippen MR) is 122 cm³/mol. The molecule has 31 heavy (non-hydrogen) atoms. The molecular formula is C24H20N2O3S2. The Morgan fingerprint density at radius 2 is 1.68 bits per heavy atom. The summed E-state index contributed by atoms with van der Waals surface area (Å²) in [6.45, 7) is 2.81. The summed E-state index contributed by atoms with van der Waals surface area (Å²) in [5.41, 5.74) is 4.50. The summed E-state index contributed by atoms with van der Waals surface area (Å²) >= 11 is 1.55. The Bertz CT molecular complexity index is 1440. The number of benzene rings is 2. The highest BCUT2D eigenvalue weighted by Gasteiger charge is 2.28. The molecule has 0 spiro atoms. The van der Waals surface area contributed by atoms with E-state index in [9.17, 15) is 13.2 Å². The molecule has 0 radical (unpaired) electrons. The third kappa shape index (κ3) is 3.43. The van der Waals surface area contributed by atoms with Gasteiger partial charge in [0.2, 0.25) is 9.84 Å². The number of fused-ring (bicyclic) bond motifs is 3. The van der Waals surface area contributed by atoms with E-state index in [4.69, 9.17) is 0 Å². The fourth-order valence-corrected chi connectivity index (χ4v) is 6.49. The highest BCUT2D eigenvalue weighted by Crippen LogP contribution is 2.42. The Morgan fingerprint density at radius 1 is 1.00 bits per heavy atom. The molecule has 0 saturated carbocycles. The Morgan fingerprint density at radius 3 is 2.39 bits per heavy atom. The second kappa shape index (κ2) is 7.59. The maximum Gasteiger partial charge on any atom is 0.267 e. The minimum Gasteiger partial charge on any atom is -0.343 e. The summed E-state index contributed by atoms with van der Waals surface area (Å²) in [6, 6.07) is 21.9. The molecule has 7 heteroatoms. The molecule has 4 aromatic rings. The molecule has 0 aliphatic carbocycles. The number of rotatable bonds is 4. The van der Waals surface area contributed by atoms with Gasteiger partial charge in [0.1, 0.15) is 4.90 Å². The number of aromatic nitrogens is 2. The number of nitrogens with one attached hydrogen (secondary N) is 1. The fraction of sp³-hybridized carbons (Fsp3) is 0.125. The predicted octanol–water partition coefficient (Wildman–Crippen LogP) is 4.64. The van der Waals surface area contributed by atoms with Crippen LogP contribution in [0.15, 0.2) is 92.3 Å². The molecule has 0 amide bonds. The molecular weight excluding hydrogens is 428 g/mol. The molecule has 1 aliphatic rings. The maximum atomic E-state index is 13.0. The van der Waals surface area contributed by atoms with Crippen molar-refractivity contribution < 1.29 is 8.42 Å². The van der Waals surface area contributed by atoms with Gasteiger partial charge >= 0.3 is 0 Å². The largest absolute Gasteiger partial charge is 0.343 e. The first-order chi connectivity index (χ1) is 14.9. The smallest absolute Gasteiger partial charge is 0.267 e. The van der Waals surface area contributed by atoms with Crippen molar-refractivity contribution >= 4 is 21.6 Å². The second-order valence-corrected chi connectivity index (χ2v) is 10.5. The Balaban J connectivity index is 1.60. The van der Waals surface area contributed by atoms with Crippen LogP contribution < -0.4 is 5.56 Å². The number of nitrogens with zero attached hydrogens (tertiary/aromatic N) is 1. The zero-order chi connectivity index (χ0) is 21.6. The second-order valence-electron chi connectivity index (χ2n) is 7.52. The van der Waals surface area contributed by atoms with Crippen LogP contribution in [0.1, 0.15) is 17.0 Å². The van der Waals surface area contributed by atoms with Crippen molar-refractivity contribution in [2.24, 2.45) is 0 Å². The van der Waals surface area contributed by atoms with E-state index in [2.05, 4.69) is 34.7 Å². The topological polar surface area (TPSA) is 71.9 Å². The lowest BCUT2D eigenvalue weighted by Crippen LogP contribution is -2.20. The molecule has 0 saturated heterocycles. The van der Waals surface area contributed by atoms with E-state index in [1.54, 1.807) is 30.0 Å². The zero-order valence-electron chi connectivity index (χ0n) is 16.8. The van der Waals surface area contributed by atoms with Crippen LogP contribution in [0.3, 0.4) is 0 Å². The van der Waals surface area contributed by atoms with Gasteiger partial charge in [-0.15, -0.1) is 11.8 Å². The molecule has 0 atom stereocenters. The SMILES string of the molecule is Cc1cc2c(n1Cc1ccccc1)CSc1cc(S(=O)(=O)c3ccccc3)c(=O)[nH]c1-2.